The average Bonchev–Trinajstić information content (AvgIpc) is 3.47. The Morgan fingerprint density at radius 2 is 1.71 bits per heavy atom. The van der Waals surface area contributed by atoms with E-state index in [4.69, 9.17) is 9.84 Å². The number of ether oxygens (including phenoxy) is 1. The molecular formula is C26H27N3O5S. The number of thiazole rings is 1. The van der Waals surface area contributed by atoms with Gasteiger partial charge in [-0.15, -0.1) is 11.3 Å². The quantitative estimate of drug-likeness (QED) is 0.406. The van der Waals surface area contributed by atoms with Crippen LogP contribution in [-0.2, 0) is 16.1 Å². The van der Waals surface area contributed by atoms with Gasteiger partial charge >= 0.3 is 12.1 Å². The van der Waals surface area contributed by atoms with Crippen molar-refractivity contribution in [2.75, 3.05) is 6.61 Å². The van der Waals surface area contributed by atoms with Crippen LogP contribution >= 0.6 is 11.3 Å². The van der Waals surface area contributed by atoms with E-state index >= 15 is 0 Å². The molecule has 35 heavy (non-hydrogen) atoms. The first-order valence-electron chi connectivity index (χ1n) is 11.5. The van der Waals surface area contributed by atoms with E-state index in [2.05, 4.69) is 27.8 Å². The molecule has 0 spiro atoms. The predicted octanol–water partition coefficient (Wildman–Crippen LogP) is 4.41. The minimum absolute atomic E-state index is 0.0607. The van der Waals surface area contributed by atoms with Crippen LogP contribution in [0, 0.1) is 5.92 Å². The summed E-state index contributed by atoms with van der Waals surface area (Å²) in [6.07, 6.45) is 0.0111. The number of hydrogen-bond acceptors (Lipinski definition) is 6. The topological polar surface area (TPSA) is 118 Å². The Labute approximate surface area is 207 Å². The van der Waals surface area contributed by atoms with Crippen molar-refractivity contribution in [3.8, 4) is 11.1 Å². The zero-order valence-corrected chi connectivity index (χ0v) is 20.3. The number of aromatic nitrogens is 1. The lowest BCUT2D eigenvalue weighted by molar-refractivity contribution is -0.124. The number of benzene rings is 2. The van der Waals surface area contributed by atoms with Crippen LogP contribution in [0.25, 0.3) is 11.1 Å². The van der Waals surface area contributed by atoms with Crippen LogP contribution in [0.1, 0.15) is 52.8 Å². The van der Waals surface area contributed by atoms with Gasteiger partial charge in [-0.3, -0.25) is 4.79 Å². The first-order chi connectivity index (χ1) is 16.9. The fourth-order valence-electron chi connectivity index (χ4n) is 4.23. The van der Waals surface area contributed by atoms with Crippen molar-refractivity contribution in [3.05, 3.63) is 75.7 Å². The smallest absolute Gasteiger partial charge is 0.407 e. The Kier molecular flexibility index (Phi) is 7.45. The molecule has 1 aliphatic rings. The van der Waals surface area contributed by atoms with E-state index in [0.717, 1.165) is 33.6 Å². The van der Waals surface area contributed by atoms with Crippen LogP contribution < -0.4 is 10.6 Å². The fraction of sp³-hybridized carbons (Fsp3) is 0.308. The van der Waals surface area contributed by atoms with Gasteiger partial charge in [0.25, 0.3) is 0 Å². The van der Waals surface area contributed by atoms with E-state index in [0.29, 0.717) is 11.4 Å². The summed E-state index contributed by atoms with van der Waals surface area (Å²) in [5.74, 6) is -1.70. The molecule has 1 unspecified atom stereocenters. The van der Waals surface area contributed by atoms with Crippen molar-refractivity contribution in [3.63, 3.8) is 0 Å². The van der Waals surface area contributed by atoms with E-state index in [1.807, 2.05) is 50.2 Å². The Balaban J connectivity index is 1.38. The lowest BCUT2D eigenvalue weighted by Gasteiger charge is -2.23. The second-order valence-electron chi connectivity index (χ2n) is 8.48. The molecule has 0 bridgehead atoms. The largest absolute Gasteiger partial charge is 0.476 e. The second-order valence-corrected chi connectivity index (χ2v) is 9.43. The van der Waals surface area contributed by atoms with Gasteiger partial charge in [0.1, 0.15) is 17.7 Å². The molecule has 9 heteroatoms. The van der Waals surface area contributed by atoms with Crippen LogP contribution in [0.5, 0.6) is 0 Å². The molecule has 0 radical (unpaired) electrons. The zero-order valence-electron chi connectivity index (χ0n) is 19.5. The summed E-state index contributed by atoms with van der Waals surface area (Å²) in [4.78, 5) is 40.6. The average molecular weight is 494 g/mol. The van der Waals surface area contributed by atoms with Gasteiger partial charge in [-0.1, -0.05) is 68.8 Å². The minimum Gasteiger partial charge on any atom is -0.476 e. The molecule has 3 N–H and O–H groups in total. The number of nitrogens with one attached hydrogen (secondary N) is 2. The molecule has 8 nitrogen and oxygen atoms in total. The number of hydrogen-bond donors (Lipinski definition) is 3. The predicted molar refractivity (Wildman–Crippen MR) is 132 cm³/mol. The van der Waals surface area contributed by atoms with Gasteiger partial charge in [0, 0.05) is 11.3 Å². The summed E-state index contributed by atoms with van der Waals surface area (Å²) in [6, 6.07) is 15.4. The van der Waals surface area contributed by atoms with E-state index in [1.54, 1.807) is 0 Å². The SMILES string of the molecule is CCC(C)[C@H](NC(=O)OCC1c2ccccc2-c2ccccc21)C(=O)NCc1nc(C(=O)O)cs1. The Bertz CT molecular complexity index is 1200. The summed E-state index contributed by atoms with van der Waals surface area (Å²) in [5.41, 5.74) is 4.45. The highest BCUT2D eigenvalue weighted by Gasteiger charge is 2.31. The molecule has 1 heterocycles. The molecule has 182 valence electrons. The third-order valence-corrected chi connectivity index (χ3v) is 7.15. The normalized spacial score (nSPS) is 13.9. The highest BCUT2D eigenvalue weighted by Crippen LogP contribution is 2.44. The van der Waals surface area contributed by atoms with E-state index in [9.17, 15) is 14.4 Å². The highest BCUT2D eigenvalue weighted by atomic mass is 32.1. The first kappa shape index (κ1) is 24.4. The molecule has 0 saturated carbocycles. The highest BCUT2D eigenvalue weighted by molar-refractivity contribution is 7.09. The maximum atomic E-state index is 12.9. The number of aromatic carboxylic acids is 1. The van der Waals surface area contributed by atoms with Crippen LogP contribution in [-0.4, -0.2) is 40.7 Å². The molecule has 2 atom stereocenters. The van der Waals surface area contributed by atoms with Gasteiger partial charge in [-0.2, -0.15) is 0 Å². The maximum absolute atomic E-state index is 12.9. The molecule has 2 amide bonds. The van der Waals surface area contributed by atoms with Crippen LogP contribution in [0.3, 0.4) is 0 Å². The summed E-state index contributed by atoms with van der Waals surface area (Å²) >= 11 is 1.15. The number of nitrogens with zero attached hydrogens (tertiary/aromatic N) is 1. The molecule has 3 aromatic rings. The summed E-state index contributed by atoms with van der Waals surface area (Å²) in [6.45, 7) is 4.05. The van der Waals surface area contributed by atoms with E-state index in [-0.39, 0.29) is 36.6 Å². The van der Waals surface area contributed by atoms with Gasteiger partial charge in [0.2, 0.25) is 5.91 Å². The molecule has 1 aromatic heterocycles. The Morgan fingerprint density at radius 3 is 2.29 bits per heavy atom. The Hall–Kier alpha value is -3.72. The van der Waals surface area contributed by atoms with Gasteiger partial charge in [-0.05, 0) is 28.2 Å². The standard InChI is InChI=1S/C26H27N3O5S/c1-3-15(2)23(24(30)27-12-22-28-21(14-35-22)25(31)32)29-26(33)34-13-20-18-10-6-4-8-16(18)17-9-5-7-11-19(17)20/h4-11,14-15,20,23H,3,12-13H2,1-2H3,(H,27,30)(H,29,33)(H,31,32)/t15?,23-/m0/s1. The summed E-state index contributed by atoms with van der Waals surface area (Å²) < 4.78 is 5.60. The lowest BCUT2D eigenvalue weighted by Crippen LogP contribution is -2.50. The zero-order chi connectivity index (χ0) is 24.9. The van der Waals surface area contributed by atoms with E-state index < -0.39 is 18.1 Å². The molecule has 2 aromatic carbocycles. The number of carbonyl (C=O) groups excluding carboxylic acids is 2. The fourth-order valence-corrected chi connectivity index (χ4v) is 4.94. The second kappa shape index (κ2) is 10.7. The van der Waals surface area contributed by atoms with Gasteiger partial charge < -0.3 is 20.5 Å². The minimum atomic E-state index is -1.12. The first-order valence-corrected chi connectivity index (χ1v) is 12.3. The molecule has 4 rings (SSSR count). The number of alkyl carbamates (subject to hydrolysis) is 1. The van der Waals surface area contributed by atoms with Crippen molar-refractivity contribution in [1.29, 1.82) is 0 Å². The number of carboxylic acid groups (broad SMARTS) is 1. The third-order valence-electron chi connectivity index (χ3n) is 6.30. The molecule has 1 aliphatic carbocycles. The van der Waals surface area contributed by atoms with Crippen molar-refractivity contribution in [2.24, 2.45) is 5.92 Å². The number of carboxylic acids is 1. The number of rotatable bonds is 9. The van der Waals surface area contributed by atoms with Gasteiger partial charge in [0.15, 0.2) is 5.69 Å². The summed E-state index contributed by atoms with van der Waals surface area (Å²) in [7, 11) is 0. The number of fused-ring (bicyclic) bond motifs is 3. The van der Waals surface area contributed by atoms with Crippen LogP contribution in [0.15, 0.2) is 53.9 Å². The van der Waals surface area contributed by atoms with Crippen molar-refractivity contribution in [2.45, 2.75) is 38.8 Å². The molecular weight excluding hydrogens is 466 g/mol. The molecule has 0 saturated heterocycles. The van der Waals surface area contributed by atoms with Crippen LogP contribution in [0.4, 0.5) is 4.79 Å². The van der Waals surface area contributed by atoms with Crippen molar-refractivity contribution in [1.82, 2.24) is 15.6 Å². The van der Waals surface area contributed by atoms with Gasteiger partial charge in [-0.25, -0.2) is 14.6 Å². The van der Waals surface area contributed by atoms with Crippen molar-refractivity contribution >= 4 is 29.3 Å². The van der Waals surface area contributed by atoms with Crippen LogP contribution in [0.2, 0.25) is 0 Å². The van der Waals surface area contributed by atoms with E-state index in [1.165, 1.54) is 5.38 Å². The lowest BCUT2D eigenvalue weighted by atomic mass is 9.98. The summed E-state index contributed by atoms with van der Waals surface area (Å²) in [5, 5.41) is 16.3. The van der Waals surface area contributed by atoms with Gasteiger partial charge in [0.05, 0.1) is 6.54 Å². The number of carbonyl (C=O) groups is 3. The number of amides is 2. The monoisotopic (exact) mass is 493 g/mol. The van der Waals surface area contributed by atoms with Crippen molar-refractivity contribution < 1.29 is 24.2 Å². The Morgan fingerprint density at radius 1 is 1.09 bits per heavy atom. The molecule has 0 aliphatic heterocycles. The third kappa shape index (κ3) is 5.35. The maximum Gasteiger partial charge on any atom is 0.407 e. The molecule has 0 fully saturated rings.